The monoisotopic (exact) mass is 542 g/mol. The summed E-state index contributed by atoms with van der Waals surface area (Å²) in [5.41, 5.74) is -1.39. The van der Waals surface area contributed by atoms with E-state index in [4.69, 9.17) is 4.74 Å². The van der Waals surface area contributed by atoms with E-state index in [1.54, 1.807) is 0 Å². The smallest absolute Gasteiger partial charge is 0.336 e. The first-order valence-electron chi connectivity index (χ1n) is 16.7. The third-order valence-corrected chi connectivity index (χ3v) is 7.98. The maximum Gasteiger partial charge on any atom is 0.336 e. The Morgan fingerprint density at radius 3 is 1.29 bits per heavy atom. The number of hydrogen-bond donors (Lipinski definition) is 3. The molecule has 0 aromatic rings. The van der Waals surface area contributed by atoms with Crippen LogP contribution in [0, 0.1) is 0 Å². The van der Waals surface area contributed by atoms with Gasteiger partial charge in [-0.15, -0.1) is 0 Å². The van der Waals surface area contributed by atoms with Crippen LogP contribution in [0.1, 0.15) is 181 Å². The normalized spacial score (nSPS) is 14.0. The number of unbranched alkanes of at least 4 members (excludes halogenated alkanes) is 22. The topological polar surface area (TPSA) is 87.0 Å². The number of aliphatic carboxylic acids is 1. The first kappa shape index (κ1) is 37.4. The number of ether oxygens (including phenoxy) is 1. The van der Waals surface area contributed by atoms with E-state index in [1.165, 1.54) is 116 Å². The predicted molar refractivity (Wildman–Crippen MR) is 161 cm³/mol. The van der Waals surface area contributed by atoms with E-state index in [0.717, 1.165) is 38.5 Å². The third-order valence-electron chi connectivity index (χ3n) is 7.98. The molecule has 5 heteroatoms. The molecule has 0 aromatic heterocycles. The van der Waals surface area contributed by atoms with Crippen molar-refractivity contribution in [2.45, 2.75) is 192 Å². The van der Waals surface area contributed by atoms with Crippen LogP contribution in [0.25, 0.3) is 0 Å². The Balaban J connectivity index is 3.92. The first-order valence-corrected chi connectivity index (χ1v) is 16.7. The molecule has 0 radical (unpaired) electrons. The average Bonchev–Trinajstić information content (AvgIpc) is 2.91. The van der Waals surface area contributed by atoms with Gasteiger partial charge in [0.1, 0.15) is 0 Å². The minimum atomic E-state index is -1.39. The molecular formula is C33H66O5. The van der Waals surface area contributed by atoms with Crippen LogP contribution in [0.15, 0.2) is 0 Å². The summed E-state index contributed by atoms with van der Waals surface area (Å²) in [5.74, 6) is -1.01. The second-order valence-corrected chi connectivity index (χ2v) is 11.7. The van der Waals surface area contributed by atoms with Gasteiger partial charge < -0.3 is 20.1 Å². The number of aliphatic hydroxyl groups excluding tert-OH is 2. The summed E-state index contributed by atoms with van der Waals surface area (Å²) in [6, 6.07) is 0. The van der Waals surface area contributed by atoms with Crippen molar-refractivity contribution in [3.63, 3.8) is 0 Å². The van der Waals surface area contributed by atoms with E-state index in [1.807, 2.05) is 0 Å². The van der Waals surface area contributed by atoms with Gasteiger partial charge in [-0.2, -0.15) is 0 Å². The summed E-state index contributed by atoms with van der Waals surface area (Å²) >= 11 is 0. The van der Waals surface area contributed by atoms with Crippen molar-refractivity contribution in [2.24, 2.45) is 0 Å². The molecule has 0 spiro atoms. The fraction of sp³-hybridized carbons (Fsp3) is 0.970. The quantitative estimate of drug-likeness (QED) is 0.0760. The molecule has 0 aliphatic carbocycles. The van der Waals surface area contributed by atoms with Gasteiger partial charge in [-0.1, -0.05) is 155 Å². The van der Waals surface area contributed by atoms with Gasteiger partial charge in [-0.05, 0) is 19.3 Å². The van der Waals surface area contributed by atoms with Crippen LogP contribution in [0.5, 0.6) is 0 Å². The molecule has 5 nitrogen and oxygen atoms in total. The molecule has 38 heavy (non-hydrogen) atoms. The maximum atomic E-state index is 12.2. The third kappa shape index (κ3) is 22.2. The van der Waals surface area contributed by atoms with Crippen LogP contribution in [-0.2, 0) is 9.53 Å². The SMILES string of the molecule is CCCCCCCCCCCCCCCCCCCCC(CC(O)CO)(OCCCCCCCC)C(=O)O. The highest BCUT2D eigenvalue weighted by Crippen LogP contribution is 2.28. The van der Waals surface area contributed by atoms with Gasteiger partial charge in [0.15, 0.2) is 5.60 Å². The Labute approximate surface area is 236 Å². The van der Waals surface area contributed by atoms with E-state index in [-0.39, 0.29) is 6.42 Å². The van der Waals surface area contributed by atoms with E-state index >= 15 is 0 Å². The van der Waals surface area contributed by atoms with Gasteiger partial charge in [0.2, 0.25) is 0 Å². The summed E-state index contributed by atoms with van der Waals surface area (Å²) in [7, 11) is 0. The minimum absolute atomic E-state index is 0.0480. The summed E-state index contributed by atoms with van der Waals surface area (Å²) in [5, 5.41) is 29.3. The van der Waals surface area contributed by atoms with Crippen molar-refractivity contribution in [3.8, 4) is 0 Å². The fourth-order valence-corrected chi connectivity index (χ4v) is 5.40. The standard InChI is InChI=1S/C33H66O5/c1-3-5-7-9-11-12-13-14-15-16-17-18-19-20-21-22-23-25-27-33(32(36)37,29-31(35)30-34)38-28-26-24-10-8-6-4-2/h31,34-35H,3-30H2,1-2H3,(H,36,37). The van der Waals surface area contributed by atoms with Gasteiger partial charge >= 0.3 is 5.97 Å². The van der Waals surface area contributed by atoms with Crippen molar-refractivity contribution in [1.82, 2.24) is 0 Å². The molecule has 228 valence electrons. The minimum Gasteiger partial charge on any atom is -0.479 e. The molecular weight excluding hydrogens is 476 g/mol. The molecule has 0 aliphatic rings. The molecule has 0 saturated heterocycles. The number of rotatable bonds is 31. The largest absolute Gasteiger partial charge is 0.479 e. The molecule has 2 unspecified atom stereocenters. The summed E-state index contributed by atoms with van der Waals surface area (Å²) in [6.45, 7) is 4.43. The van der Waals surface area contributed by atoms with E-state index in [0.29, 0.717) is 13.0 Å². The molecule has 0 fully saturated rings. The van der Waals surface area contributed by atoms with Crippen molar-refractivity contribution in [3.05, 3.63) is 0 Å². The zero-order chi connectivity index (χ0) is 28.2. The van der Waals surface area contributed by atoms with Crippen LogP contribution >= 0.6 is 0 Å². The number of carbonyl (C=O) groups is 1. The lowest BCUT2D eigenvalue weighted by molar-refractivity contribution is -0.173. The number of carboxylic acid groups (broad SMARTS) is 1. The lowest BCUT2D eigenvalue weighted by Crippen LogP contribution is -2.45. The van der Waals surface area contributed by atoms with Crippen molar-refractivity contribution in [1.29, 1.82) is 0 Å². The molecule has 2 atom stereocenters. The van der Waals surface area contributed by atoms with Crippen LogP contribution in [0.3, 0.4) is 0 Å². The van der Waals surface area contributed by atoms with Crippen molar-refractivity contribution >= 4 is 5.97 Å². The Morgan fingerprint density at radius 2 is 0.947 bits per heavy atom. The fourth-order valence-electron chi connectivity index (χ4n) is 5.40. The summed E-state index contributed by atoms with van der Waals surface area (Å²) in [4.78, 5) is 12.2. The second kappa shape index (κ2) is 27.9. The highest BCUT2D eigenvalue weighted by Gasteiger charge is 2.40. The van der Waals surface area contributed by atoms with E-state index in [9.17, 15) is 20.1 Å². The van der Waals surface area contributed by atoms with Crippen LogP contribution < -0.4 is 0 Å². The van der Waals surface area contributed by atoms with Crippen molar-refractivity contribution < 1.29 is 24.9 Å². The Bertz CT molecular complexity index is 498. The Hall–Kier alpha value is -0.650. The molecule has 0 aliphatic heterocycles. The molecule has 3 N–H and O–H groups in total. The lowest BCUT2D eigenvalue weighted by atomic mass is 9.89. The average molecular weight is 543 g/mol. The van der Waals surface area contributed by atoms with Gasteiger partial charge in [0.05, 0.1) is 12.7 Å². The summed E-state index contributed by atoms with van der Waals surface area (Å²) in [6.07, 6.45) is 29.3. The van der Waals surface area contributed by atoms with Crippen LogP contribution in [-0.4, -0.2) is 46.2 Å². The number of aliphatic hydroxyl groups is 2. The lowest BCUT2D eigenvalue weighted by Gasteiger charge is -2.31. The van der Waals surface area contributed by atoms with Gasteiger partial charge in [-0.25, -0.2) is 4.79 Å². The predicted octanol–water partition coefficient (Wildman–Crippen LogP) is 9.36. The number of carboxylic acids is 1. The molecule has 0 aromatic carbocycles. The summed E-state index contributed by atoms with van der Waals surface area (Å²) < 4.78 is 5.93. The van der Waals surface area contributed by atoms with Crippen molar-refractivity contribution in [2.75, 3.05) is 13.2 Å². The molecule has 0 amide bonds. The molecule has 0 bridgehead atoms. The maximum absolute atomic E-state index is 12.2. The zero-order valence-corrected chi connectivity index (χ0v) is 25.5. The van der Waals surface area contributed by atoms with Gasteiger partial charge in [-0.3, -0.25) is 0 Å². The van der Waals surface area contributed by atoms with Crippen LogP contribution in [0.2, 0.25) is 0 Å². The van der Waals surface area contributed by atoms with Gasteiger partial charge in [0.25, 0.3) is 0 Å². The highest BCUT2D eigenvalue weighted by molar-refractivity contribution is 5.77. The molecule has 0 saturated carbocycles. The van der Waals surface area contributed by atoms with Crippen LogP contribution in [0.4, 0.5) is 0 Å². The zero-order valence-electron chi connectivity index (χ0n) is 25.5. The molecule has 0 heterocycles. The van der Waals surface area contributed by atoms with E-state index < -0.39 is 24.3 Å². The Kier molecular flexibility index (Phi) is 27.4. The number of hydrogen-bond acceptors (Lipinski definition) is 4. The second-order valence-electron chi connectivity index (χ2n) is 11.7. The van der Waals surface area contributed by atoms with E-state index in [2.05, 4.69) is 13.8 Å². The molecule has 0 rings (SSSR count). The highest BCUT2D eigenvalue weighted by atomic mass is 16.5. The Morgan fingerprint density at radius 1 is 0.605 bits per heavy atom. The first-order chi connectivity index (χ1) is 18.5. The van der Waals surface area contributed by atoms with Gasteiger partial charge in [0, 0.05) is 13.0 Å².